The van der Waals surface area contributed by atoms with Gasteiger partial charge in [-0.3, -0.25) is 4.79 Å². The monoisotopic (exact) mass is 402 g/mol. The van der Waals surface area contributed by atoms with Crippen molar-refractivity contribution in [2.75, 3.05) is 0 Å². The highest BCUT2D eigenvalue weighted by molar-refractivity contribution is 7.89. The number of nitrogens with one attached hydrogen (secondary N) is 2. The molecule has 0 aliphatic carbocycles. The summed E-state index contributed by atoms with van der Waals surface area (Å²) in [6.07, 6.45) is 1.46. The molecule has 1 amide bonds. The second kappa shape index (κ2) is 8.37. The van der Waals surface area contributed by atoms with Crippen molar-refractivity contribution in [3.63, 3.8) is 0 Å². The van der Waals surface area contributed by atoms with Gasteiger partial charge in [0.15, 0.2) is 0 Å². The first-order valence-corrected chi connectivity index (χ1v) is 9.99. The van der Waals surface area contributed by atoms with Crippen LogP contribution >= 0.6 is 0 Å². The molecule has 0 fully saturated rings. The van der Waals surface area contributed by atoms with Crippen LogP contribution in [0.3, 0.4) is 0 Å². The van der Waals surface area contributed by atoms with E-state index >= 15 is 0 Å². The van der Waals surface area contributed by atoms with Crippen molar-refractivity contribution in [2.24, 2.45) is 0 Å². The van der Waals surface area contributed by atoms with Gasteiger partial charge in [0.1, 0.15) is 11.6 Å². The highest BCUT2D eigenvalue weighted by atomic mass is 32.2. The molecule has 8 heteroatoms. The van der Waals surface area contributed by atoms with Gasteiger partial charge in [-0.2, -0.15) is 0 Å². The van der Waals surface area contributed by atoms with Crippen LogP contribution in [0.25, 0.3) is 0 Å². The maximum absolute atomic E-state index is 13.3. The number of rotatable bonds is 7. The maximum atomic E-state index is 13.3. The van der Waals surface area contributed by atoms with E-state index in [0.717, 1.165) is 5.56 Å². The molecule has 1 aromatic heterocycles. The van der Waals surface area contributed by atoms with Gasteiger partial charge in [0, 0.05) is 12.1 Å². The summed E-state index contributed by atoms with van der Waals surface area (Å²) in [7, 11) is -3.72. The highest BCUT2D eigenvalue weighted by Crippen LogP contribution is 2.13. The van der Waals surface area contributed by atoms with Crippen LogP contribution in [0.4, 0.5) is 4.39 Å². The molecule has 0 aliphatic rings. The van der Waals surface area contributed by atoms with Crippen molar-refractivity contribution in [1.82, 2.24) is 10.0 Å². The summed E-state index contributed by atoms with van der Waals surface area (Å²) in [4.78, 5) is 12.3. The Morgan fingerprint density at radius 1 is 1.07 bits per heavy atom. The number of hydrogen-bond acceptors (Lipinski definition) is 4. The van der Waals surface area contributed by atoms with Gasteiger partial charge in [0.2, 0.25) is 10.0 Å². The lowest BCUT2D eigenvalue weighted by Crippen LogP contribution is -2.24. The fourth-order valence-electron chi connectivity index (χ4n) is 2.55. The molecular weight excluding hydrogens is 383 g/mol. The molecule has 2 aromatic carbocycles. The second-order valence-electron chi connectivity index (χ2n) is 6.19. The zero-order chi connectivity index (χ0) is 20.1. The average molecular weight is 402 g/mol. The number of sulfonamides is 1. The first kappa shape index (κ1) is 19.8. The number of carbonyl (C=O) groups excluding carboxylic acids is 1. The third-order valence-electron chi connectivity index (χ3n) is 4.12. The minimum absolute atomic E-state index is 0.0364. The topological polar surface area (TPSA) is 88.4 Å². The van der Waals surface area contributed by atoms with E-state index in [1.54, 1.807) is 31.2 Å². The molecule has 3 aromatic rings. The highest BCUT2D eigenvalue weighted by Gasteiger charge is 2.15. The second-order valence-corrected chi connectivity index (χ2v) is 7.96. The van der Waals surface area contributed by atoms with Gasteiger partial charge in [-0.05, 0) is 60.5 Å². The Balaban J connectivity index is 1.61. The largest absolute Gasteiger partial charge is 0.468 e. The van der Waals surface area contributed by atoms with Crippen molar-refractivity contribution in [2.45, 2.75) is 24.9 Å². The van der Waals surface area contributed by atoms with Crippen LogP contribution in [-0.4, -0.2) is 14.3 Å². The Labute approximate surface area is 162 Å². The summed E-state index contributed by atoms with van der Waals surface area (Å²) in [5.41, 5.74) is 1.60. The molecule has 2 N–H and O–H groups in total. The lowest BCUT2D eigenvalue weighted by Gasteiger charge is -2.08. The van der Waals surface area contributed by atoms with E-state index in [0.29, 0.717) is 16.9 Å². The van der Waals surface area contributed by atoms with Gasteiger partial charge in [-0.15, -0.1) is 0 Å². The number of amides is 1. The number of carbonyl (C=O) groups is 1. The van der Waals surface area contributed by atoms with Crippen molar-refractivity contribution in [3.05, 3.63) is 89.1 Å². The fourth-order valence-corrected chi connectivity index (χ4v) is 3.54. The summed E-state index contributed by atoms with van der Waals surface area (Å²) in [5.74, 6) is -0.155. The summed E-state index contributed by atoms with van der Waals surface area (Å²) in [6, 6.07) is 13.6. The zero-order valence-electron chi connectivity index (χ0n) is 15.1. The molecule has 6 nitrogen and oxygen atoms in total. The lowest BCUT2D eigenvalue weighted by molar-refractivity contribution is 0.0951. The quantitative estimate of drug-likeness (QED) is 0.636. The molecule has 146 valence electrons. The number of hydrogen-bond donors (Lipinski definition) is 2. The van der Waals surface area contributed by atoms with Crippen molar-refractivity contribution in [1.29, 1.82) is 0 Å². The summed E-state index contributed by atoms with van der Waals surface area (Å²) < 4.78 is 45.4. The van der Waals surface area contributed by atoms with E-state index in [1.807, 2.05) is 0 Å². The van der Waals surface area contributed by atoms with E-state index in [-0.39, 0.29) is 29.7 Å². The molecule has 0 atom stereocenters. The third kappa shape index (κ3) is 4.85. The maximum Gasteiger partial charge on any atom is 0.251 e. The van der Waals surface area contributed by atoms with Crippen LogP contribution in [0.5, 0.6) is 0 Å². The molecule has 0 radical (unpaired) electrons. The van der Waals surface area contributed by atoms with E-state index < -0.39 is 10.0 Å². The van der Waals surface area contributed by atoms with Gasteiger partial charge in [0.05, 0.1) is 17.7 Å². The van der Waals surface area contributed by atoms with E-state index in [1.165, 1.54) is 36.6 Å². The van der Waals surface area contributed by atoms with Crippen molar-refractivity contribution < 1.29 is 22.0 Å². The van der Waals surface area contributed by atoms with E-state index in [2.05, 4.69) is 10.0 Å². The van der Waals surface area contributed by atoms with Crippen LogP contribution in [-0.2, 0) is 23.1 Å². The van der Waals surface area contributed by atoms with Gasteiger partial charge in [0.25, 0.3) is 5.91 Å². The third-order valence-corrected chi connectivity index (χ3v) is 5.54. The normalized spacial score (nSPS) is 11.4. The first-order valence-electron chi connectivity index (χ1n) is 8.50. The average Bonchev–Trinajstić information content (AvgIpc) is 3.21. The SMILES string of the molecule is Cc1cc(CNC(=O)c2ccc(S(=O)(=O)NCc3ccco3)cc2)ccc1F. The number of aryl methyl sites for hydroxylation is 1. The Kier molecular flexibility index (Phi) is 5.91. The molecule has 1 heterocycles. The minimum Gasteiger partial charge on any atom is -0.468 e. The molecule has 0 spiro atoms. The van der Waals surface area contributed by atoms with Gasteiger partial charge in [-0.1, -0.05) is 12.1 Å². The molecule has 0 unspecified atom stereocenters. The fraction of sp³-hybridized carbons (Fsp3) is 0.150. The Morgan fingerprint density at radius 3 is 2.46 bits per heavy atom. The molecule has 3 rings (SSSR count). The standard InChI is InChI=1S/C20H19FN2O4S/c1-14-11-15(4-9-19(14)21)12-22-20(24)16-5-7-18(8-6-16)28(25,26)23-13-17-3-2-10-27-17/h2-11,23H,12-13H2,1H3,(H,22,24). The molecule has 0 saturated carbocycles. The van der Waals surface area contributed by atoms with Crippen LogP contribution < -0.4 is 10.0 Å². The Hall–Kier alpha value is -2.97. The van der Waals surface area contributed by atoms with Crippen molar-refractivity contribution >= 4 is 15.9 Å². The minimum atomic E-state index is -3.72. The lowest BCUT2D eigenvalue weighted by atomic mass is 10.1. The molecule has 0 aliphatic heterocycles. The summed E-state index contributed by atoms with van der Waals surface area (Å²) >= 11 is 0. The predicted molar refractivity (Wildman–Crippen MR) is 101 cm³/mol. The summed E-state index contributed by atoms with van der Waals surface area (Å²) in [5, 5.41) is 2.72. The smallest absolute Gasteiger partial charge is 0.251 e. The summed E-state index contributed by atoms with van der Waals surface area (Å²) in [6.45, 7) is 1.93. The first-order chi connectivity index (χ1) is 13.3. The number of benzene rings is 2. The molecule has 0 bridgehead atoms. The predicted octanol–water partition coefficient (Wildman–Crippen LogP) is 3.14. The number of furan rings is 1. The molecular formula is C20H19FN2O4S. The van der Waals surface area contributed by atoms with Gasteiger partial charge < -0.3 is 9.73 Å². The van der Waals surface area contributed by atoms with E-state index in [9.17, 15) is 17.6 Å². The van der Waals surface area contributed by atoms with Gasteiger partial charge in [-0.25, -0.2) is 17.5 Å². The van der Waals surface area contributed by atoms with Crippen molar-refractivity contribution in [3.8, 4) is 0 Å². The Bertz CT molecular complexity index is 1060. The number of halogens is 1. The van der Waals surface area contributed by atoms with Gasteiger partial charge >= 0.3 is 0 Å². The van der Waals surface area contributed by atoms with Crippen LogP contribution in [0, 0.1) is 12.7 Å². The van der Waals surface area contributed by atoms with Crippen LogP contribution in [0.1, 0.15) is 27.2 Å². The molecule has 28 heavy (non-hydrogen) atoms. The van der Waals surface area contributed by atoms with Crippen LogP contribution in [0.2, 0.25) is 0 Å². The molecule has 0 saturated heterocycles. The zero-order valence-corrected chi connectivity index (χ0v) is 15.9. The van der Waals surface area contributed by atoms with E-state index in [4.69, 9.17) is 4.42 Å². The van der Waals surface area contributed by atoms with Crippen LogP contribution in [0.15, 0.2) is 70.2 Å². The Morgan fingerprint density at radius 2 is 1.82 bits per heavy atom.